The molecule has 0 saturated carbocycles. The Morgan fingerprint density at radius 2 is 1.76 bits per heavy atom. The molecule has 2 aromatic heterocycles. The Balaban J connectivity index is 1.16. The number of fused-ring (bicyclic) bond motifs is 3. The van der Waals surface area contributed by atoms with Crippen molar-refractivity contribution in [1.82, 2.24) is 29.5 Å². The Labute approximate surface area is 252 Å². The monoisotopic (exact) mass is 586 g/mol. The van der Waals surface area contributed by atoms with E-state index in [0.29, 0.717) is 44.2 Å². The molecule has 222 valence electrons. The van der Waals surface area contributed by atoms with Crippen LogP contribution in [0, 0.1) is 6.92 Å². The van der Waals surface area contributed by atoms with Crippen molar-refractivity contribution in [2.24, 2.45) is 0 Å². The van der Waals surface area contributed by atoms with Crippen molar-refractivity contribution >= 4 is 45.6 Å². The van der Waals surface area contributed by atoms with Crippen LogP contribution in [0.5, 0.6) is 0 Å². The molecule has 1 aliphatic rings. The van der Waals surface area contributed by atoms with Gasteiger partial charge in [0.15, 0.2) is 5.65 Å². The highest BCUT2D eigenvalue weighted by atomic mass is 32.2. The van der Waals surface area contributed by atoms with Crippen LogP contribution in [-0.4, -0.2) is 72.8 Å². The highest BCUT2D eigenvalue weighted by Crippen LogP contribution is 2.29. The molecule has 9 heteroatoms. The number of thioether (sulfide) groups is 1. The van der Waals surface area contributed by atoms with Gasteiger partial charge in [-0.25, -0.2) is 4.98 Å². The molecule has 0 spiro atoms. The number of rotatable bonds is 12. The Kier molecular flexibility index (Phi) is 10.1. The Morgan fingerprint density at radius 1 is 0.952 bits per heavy atom. The number of aromatic nitrogens is 4. The minimum absolute atomic E-state index is 0.0633. The molecule has 1 unspecified atom stereocenters. The highest BCUT2D eigenvalue weighted by molar-refractivity contribution is 7.99. The number of hydrogen-bond donors (Lipinski definition) is 0. The Morgan fingerprint density at radius 3 is 2.55 bits per heavy atom. The van der Waals surface area contributed by atoms with Crippen molar-refractivity contribution in [3.05, 3.63) is 59.7 Å². The molecular weight excluding hydrogens is 544 g/mol. The summed E-state index contributed by atoms with van der Waals surface area (Å²) >= 11 is 1.55. The molecule has 0 N–H and O–H groups in total. The molecule has 5 rings (SSSR count). The fourth-order valence-corrected chi connectivity index (χ4v) is 6.51. The van der Waals surface area contributed by atoms with E-state index in [1.54, 1.807) is 11.8 Å². The van der Waals surface area contributed by atoms with E-state index in [2.05, 4.69) is 78.0 Å². The van der Waals surface area contributed by atoms with Crippen LogP contribution in [0.2, 0.25) is 0 Å². The van der Waals surface area contributed by atoms with Gasteiger partial charge in [0.2, 0.25) is 17.0 Å². The molecule has 8 nitrogen and oxygen atoms in total. The second kappa shape index (κ2) is 14.1. The number of nitrogens with zero attached hydrogens (tertiary/aromatic N) is 6. The molecule has 4 aromatic rings. The van der Waals surface area contributed by atoms with E-state index >= 15 is 0 Å². The average Bonchev–Trinajstić information content (AvgIpc) is 3.29. The quantitative estimate of drug-likeness (QED) is 0.144. The molecule has 2 aromatic carbocycles. The van der Waals surface area contributed by atoms with E-state index in [0.717, 1.165) is 47.1 Å². The Bertz CT molecular complexity index is 1520. The maximum absolute atomic E-state index is 13.0. The molecule has 0 aliphatic carbocycles. The molecule has 1 aliphatic heterocycles. The van der Waals surface area contributed by atoms with Crippen molar-refractivity contribution in [3.8, 4) is 0 Å². The lowest BCUT2D eigenvalue weighted by Gasteiger charge is -2.40. The molecule has 2 amide bonds. The first-order valence-corrected chi connectivity index (χ1v) is 16.3. The topological polar surface area (TPSA) is 84.2 Å². The van der Waals surface area contributed by atoms with Crippen molar-refractivity contribution in [3.63, 3.8) is 0 Å². The summed E-state index contributed by atoms with van der Waals surface area (Å²) < 4.78 is 2.22. The summed E-state index contributed by atoms with van der Waals surface area (Å²) in [5.74, 6) is 1.12. The summed E-state index contributed by atoms with van der Waals surface area (Å²) in [6.45, 7) is 8.88. The molecule has 0 radical (unpaired) electrons. The molecule has 1 fully saturated rings. The largest absolute Gasteiger partial charge is 0.339 e. The maximum atomic E-state index is 13.0. The number of carbonyl (C=O) groups is 2. The van der Waals surface area contributed by atoms with Gasteiger partial charge in [-0.3, -0.25) is 9.59 Å². The summed E-state index contributed by atoms with van der Waals surface area (Å²) in [6.07, 6.45) is 6.25. The molecule has 42 heavy (non-hydrogen) atoms. The SMILES string of the molecule is CCCCCCC(=O)N1CCN(C(=O)CCCSc2nnc3c4cc(C)ccc4n(Cc4ccccc4)c3n2)CC1C. The third kappa shape index (κ3) is 7.12. The van der Waals surface area contributed by atoms with Gasteiger partial charge in [0.1, 0.15) is 5.52 Å². The fraction of sp³-hybridized carbons (Fsp3) is 0.485. The van der Waals surface area contributed by atoms with E-state index in [4.69, 9.17) is 4.98 Å². The van der Waals surface area contributed by atoms with Crippen molar-refractivity contribution in [2.75, 3.05) is 25.4 Å². The fourth-order valence-electron chi connectivity index (χ4n) is 5.79. The van der Waals surface area contributed by atoms with Crippen LogP contribution in [0.3, 0.4) is 0 Å². The van der Waals surface area contributed by atoms with Crippen molar-refractivity contribution in [1.29, 1.82) is 0 Å². The van der Waals surface area contributed by atoms with Gasteiger partial charge in [0.05, 0.1) is 5.52 Å². The normalized spacial score (nSPS) is 15.5. The zero-order valence-corrected chi connectivity index (χ0v) is 25.9. The van der Waals surface area contributed by atoms with Gasteiger partial charge >= 0.3 is 0 Å². The first-order valence-electron chi connectivity index (χ1n) is 15.3. The highest BCUT2D eigenvalue weighted by Gasteiger charge is 2.29. The standard InChI is InChI=1S/C33H42N6O2S/c1-4-5-6-10-14-30(41)38-19-18-37(22-25(38)3)29(40)15-11-20-42-33-34-32-31(35-36-33)27-21-24(2)16-17-28(27)39(32)23-26-12-8-7-9-13-26/h7-9,12-13,16-17,21,25H,4-6,10-11,14-15,18-20,22-23H2,1-3H3. The summed E-state index contributed by atoms with van der Waals surface area (Å²) in [7, 11) is 0. The van der Waals surface area contributed by atoms with E-state index in [1.165, 1.54) is 24.0 Å². The van der Waals surface area contributed by atoms with E-state index < -0.39 is 0 Å². The summed E-state index contributed by atoms with van der Waals surface area (Å²) in [5, 5.41) is 10.7. The number of amides is 2. The van der Waals surface area contributed by atoms with E-state index in [1.807, 2.05) is 15.9 Å². The number of piperazine rings is 1. The second-order valence-electron chi connectivity index (χ2n) is 11.4. The molecule has 1 atom stereocenters. The minimum Gasteiger partial charge on any atom is -0.339 e. The van der Waals surface area contributed by atoms with Gasteiger partial charge in [0, 0.05) is 56.2 Å². The number of hydrogen-bond acceptors (Lipinski definition) is 6. The van der Waals surface area contributed by atoms with Crippen LogP contribution >= 0.6 is 11.8 Å². The van der Waals surface area contributed by atoms with Crippen LogP contribution in [0.15, 0.2) is 53.7 Å². The zero-order valence-electron chi connectivity index (χ0n) is 25.1. The first kappa shape index (κ1) is 30.0. The molecular formula is C33H42N6O2S. The lowest BCUT2D eigenvalue weighted by molar-refractivity contribution is -0.142. The summed E-state index contributed by atoms with van der Waals surface area (Å²) in [6, 6.07) is 16.9. The van der Waals surface area contributed by atoms with Crippen molar-refractivity contribution < 1.29 is 9.59 Å². The van der Waals surface area contributed by atoms with Crippen LogP contribution in [0.1, 0.15) is 69.9 Å². The third-order valence-corrected chi connectivity index (χ3v) is 9.02. The smallest absolute Gasteiger partial charge is 0.222 e. The van der Waals surface area contributed by atoms with Crippen molar-refractivity contribution in [2.45, 2.75) is 83.5 Å². The van der Waals surface area contributed by atoms with Gasteiger partial charge in [-0.2, -0.15) is 0 Å². The molecule has 1 saturated heterocycles. The number of benzene rings is 2. The van der Waals surface area contributed by atoms with Crippen LogP contribution in [0.4, 0.5) is 0 Å². The van der Waals surface area contributed by atoms with Gasteiger partial charge in [-0.1, -0.05) is 79.9 Å². The van der Waals surface area contributed by atoms with Gasteiger partial charge < -0.3 is 14.4 Å². The van der Waals surface area contributed by atoms with Crippen LogP contribution in [-0.2, 0) is 16.1 Å². The summed E-state index contributed by atoms with van der Waals surface area (Å²) in [4.78, 5) is 34.4. The number of unbranched alkanes of at least 4 members (excludes halogenated alkanes) is 3. The lowest BCUT2D eigenvalue weighted by atomic mass is 10.1. The van der Waals surface area contributed by atoms with E-state index in [9.17, 15) is 9.59 Å². The zero-order chi connectivity index (χ0) is 29.5. The maximum Gasteiger partial charge on any atom is 0.222 e. The third-order valence-electron chi connectivity index (χ3n) is 8.10. The van der Waals surface area contributed by atoms with Gasteiger partial charge in [-0.15, -0.1) is 10.2 Å². The molecule has 3 heterocycles. The van der Waals surface area contributed by atoms with Gasteiger partial charge in [-0.05, 0) is 44.4 Å². The molecule has 0 bridgehead atoms. The summed E-state index contributed by atoms with van der Waals surface area (Å²) in [5.41, 5.74) is 5.13. The second-order valence-corrected chi connectivity index (χ2v) is 12.5. The lowest BCUT2D eigenvalue weighted by Crippen LogP contribution is -2.55. The van der Waals surface area contributed by atoms with E-state index in [-0.39, 0.29) is 17.9 Å². The van der Waals surface area contributed by atoms with Crippen LogP contribution in [0.25, 0.3) is 22.1 Å². The predicted octanol–water partition coefficient (Wildman–Crippen LogP) is 6.24. The average molecular weight is 587 g/mol. The Hall–Kier alpha value is -3.46. The first-order chi connectivity index (χ1) is 20.4. The number of carbonyl (C=O) groups excluding carboxylic acids is 2. The minimum atomic E-state index is 0.0633. The predicted molar refractivity (Wildman–Crippen MR) is 170 cm³/mol. The number of aryl methyl sites for hydroxylation is 1. The van der Waals surface area contributed by atoms with Crippen LogP contribution < -0.4 is 0 Å². The van der Waals surface area contributed by atoms with Gasteiger partial charge in [0.25, 0.3) is 0 Å².